The van der Waals surface area contributed by atoms with Crippen molar-refractivity contribution in [2.24, 2.45) is 17.4 Å². The highest BCUT2D eigenvalue weighted by Crippen LogP contribution is 2.43. The molecule has 0 aromatic rings. The van der Waals surface area contributed by atoms with Crippen molar-refractivity contribution in [1.82, 2.24) is 0 Å². The van der Waals surface area contributed by atoms with E-state index in [9.17, 15) is 34.8 Å². The smallest absolute Gasteiger partial charge is 0.312 e. The molecule has 0 fully saturated rings. The third-order valence-corrected chi connectivity index (χ3v) is 2.49. The highest BCUT2D eigenvalue weighted by molar-refractivity contribution is 7.85. The van der Waals surface area contributed by atoms with Crippen molar-refractivity contribution in [1.29, 1.82) is 0 Å². The molecule has 0 heterocycles. The highest BCUT2D eigenvalue weighted by Gasteiger charge is 2.65. The minimum absolute atomic E-state index is 2.08. The van der Waals surface area contributed by atoms with E-state index in [0.717, 1.165) is 0 Å². The normalized spacial score (nSPS) is 15.4. The van der Waals surface area contributed by atoms with Crippen LogP contribution in [0.25, 0.3) is 0 Å². The zero-order valence-electron chi connectivity index (χ0n) is 7.88. The molecule has 0 aliphatic carbocycles. The first kappa shape index (κ1) is 16.4. The van der Waals surface area contributed by atoms with Crippen molar-refractivity contribution in [3.05, 3.63) is 0 Å². The third-order valence-electron chi connectivity index (χ3n) is 1.62. The lowest BCUT2D eigenvalue weighted by Crippen LogP contribution is -2.67. The molecular formula is C5H8F6N2O3S. The fraction of sp³-hybridized carbons (Fsp3) is 1.00. The number of hydrogen-bond donors (Lipinski definition) is 3. The van der Waals surface area contributed by atoms with Gasteiger partial charge in [-0.2, -0.15) is 34.8 Å². The van der Waals surface area contributed by atoms with Crippen molar-refractivity contribution < 1.29 is 39.3 Å². The van der Waals surface area contributed by atoms with Gasteiger partial charge in [-0.15, -0.1) is 0 Å². The number of alkyl halides is 6. The van der Waals surface area contributed by atoms with E-state index < -0.39 is 39.8 Å². The van der Waals surface area contributed by atoms with E-state index in [2.05, 4.69) is 11.5 Å². The fourth-order valence-corrected chi connectivity index (χ4v) is 1.99. The molecule has 0 aliphatic rings. The summed E-state index contributed by atoms with van der Waals surface area (Å²) in [5.74, 6) is -6.35. The number of rotatable bonds is 3. The van der Waals surface area contributed by atoms with Crippen LogP contribution < -0.4 is 11.5 Å². The Morgan fingerprint density at radius 1 is 1.00 bits per heavy atom. The van der Waals surface area contributed by atoms with E-state index in [0.29, 0.717) is 0 Å². The van der Waals surface area contributed by atoms with E-state index in [4.69, 9.17) is 4.55 Å². The van der Waals surface area contributed by atoms with Crippen molar-refractivity contribution >= 4 is 10.1 Å². The molecule has 0 aromatic carbocycles. The number of halogens is 6. The van der Waals surface area contributed by atoms with Gasteiger partial charge in [0.15, 0.2) is 5.92 Å². The molecule has 0 rings (SSSR count). The van der Waals surface area contributed by atoms with Crippen molar-refractivity contribution in [3.63, 3.8) is 0 Å². The molecule has 0 unspecified atom stereocenters. The first-order chi connectivity index (χ1) is 7.07. The molecule has 0 aromatic heterocycles. The Balaban J connectivity index is 5.49. The predicted octanol–water partition coefficient (Wildman–Crippen LogP) is 0.229. The van der Waals surface area contributed by atoms with Crippen LogP contribution in [-0.4, -0.2) is 36.7 Å². The maximum atomic E-state index is 12.1. The van der Waals surface area contributed by atoms with Crippen LogP contribution in [0.15, 0.2) is 0 Å². The summed E-state index contributed by atoms with van der Waals surface area (Å²) in [7, 11) is -5.20. The zero-order chi connectivity index (χ0) is 14.3. The number of nitrogens with two attached hydrogens (primary N) is 2. The van der Waals surface area contributed by atoms with Crippen molar-refractivity contribution in [2.45, 2.75) is 18.0 Å². The average Bonchev–Trinajstić information content (AvgIpc) is 1.66. The fourth-order valence-electron chi connectivity index (χ4n) is 1.19. The van der Waals surface area contributed by atoms with Crippen LogP contribution in [0.3, 0.4) is 0 Å². The van der Waals surface area contributed by atoms with Gasteiger partial charge in [0.2, 0.25) is 0 Å². The van der Waals surface area contributed by atoms with E-state index in [1.54, 1.807) is 0 Å². The quantitative estimate of drug-likeness (QED) is 0.392. The van der Waals surface area contributed by atoms with Gasteiger partial charge < -0.3 is 11.5 Å². The summed E-state index contributed by atoms with van der Waals surface area (Å²) < 4.78 is 102. The maximum Gasteiger partial charge on any atom is 0.403 e. The summed E-state index contributed by atoms with van der Waals surface area (Å²) in [6, 6.07) is 0. The van der Waals surface area contributed by atoms with Gasteiger partial charge in [0.25, 0.3) is 10.1 Å². The summed E-state index contributed by atoms with van der Waals surface area (Å²) in [6.07, 6.45) is -11.8. The second kappa shape index (κ2) is 4.26. The van der Waals surface area contributed by atoms with Gasteiger partial charge in [-0.05, 0) is 0 Å². The van der Waals surface area contributed by atoms with Crippen LogP contribution in [0.4, 0.5) is 26.3 Å². The summed E-state index contributed by atoms with van der Waals surface area (Å²) >= 11 is 0. The van der Waals surface area contributed by atoms with Crippen LogP contribution >= 0.6 is 0 Å². The Hall–Kier alpha value is -0.590. The molecule has 17 heavy (non-hydrogen) atoms. The largest absolute Gasteiger partial charge is 0.403 e. The van der Waals surface area contributed by atoms with Crippen molar-refractivity contribution in [2.75, 3.05) is 5.75 Å². The Morgan fingerprint density at radius 2 is 1.29 bits per heavy atom. The van der Waals surface area contributed by atoms with Crippen LogP contribution in [0, 0.1) is 5.92 Å². The molecular weight excluding hydrogens is 282 g/mol. The summed E-state index contributed by atoms with van der Waals surface area (Å²) in [6.45, 7) is 0. The van der Waals surface area contributed by atoms with Gasteiger partial charge >= 0.3 is 12.4 Å². The lowest BCUT2D eigenvalue weighted by Gasteiger charge is -2.35. The van der Waals surface area contributed by atoms with E-state index in [1.165, 1.54) is 0 Å². The van der Waals surface area contributed by atoms with E-state index in [1.807, 2.05) is 0 Å². The second-order valence-electron chi connectivity index (χ2n) is 3.35. The minimum Gasteiger partial charge on any atom is -0.312 e. The van der Waals surface area contributed by atoms with E-state index >= 15 is 0 Å². The summed E-state index contributed by atoms with van der Waals surface area (Å²) in [5.41, 5.74) is 5.32. The van der Waals surface area contributed by atoms with Gasteiger partial charge in [0, 0.05) is 0 Å². The SMILES string of the molecule is NC(N)(CS(=O)(=O)O)C(C(F)(F)F)C(F)(F)F. The molecule has 5 nitrogen and oxygen atoms in total. The molecule has 0 spiro atoms. The van der Waals surface area contributed by atoms with Gasteiger partial charge in [0.1, 0.15) is 11.4 Å². The Bertz CT molecular complexity index is 358. The van der Waals surface area contributed by atoms with Crippen LogP contribution in [0.5, 0.6) is 0 Å². The Labute approximate surface area is 91.5 Å². The Kier molecular flexibility index (Phi) is 4.11. The lowest BCUT2D eigenvalue weighted by molar-refractivity contribution is -0.299. The van der Waals surface area contributed by atoms with Gasteiger partial charge in [-0.25, -0.2) is 0 Å². The van der Waals surface area contributed by atoms with E-state index in [-0.39, 0.29) is 0 Å². The van der Waals surface area contributed by atoms with Gasteiger partial charge in [-0.1, -0.05) is 0 Å². The summed E-state index contributed by atoms with van der Waals surface area (Å²) in [4.78, 5) is 0. The molecule has 0 atom stereocenters. The zero-order valence-corrected chi connectivity index (χ0v) is 8.70. The maximum absolute atomic E-state index is 12.1. The monoisotopic (exact) mass is 290 g/mol. The second-order valence-corrected chi connectivity index (χ2v) is 4.81. The molecule has 0 amide bonds. The standard InChI is InChI=1S/C5H8F6N2O3S/c6-4(7,8)2(5(9,10)11)3(12,13)1-17(14,15)16/h2H,1,12-13H2,(H,14,15,16). The molecule has 0 saturated heterocycles. The predicted molar refractivity (Wildman–Crippen MR) is 43.1 cm³/mol. The highest BCUT2D eigenvalue weighted by atomic mass is 32.2. The van der Waals surface area contributed by atoms with Gasteiger partial charge in [0.05, 0.1) is 0 Å². The Morgan fingerprint density at radius 3 is 1.47 bits per heavy atom. The molecule has 104 valence electrons. The lowest BCUT2D eigenvalue weighted by atomic mass is 9.94. The molecule has 12 heteroatoms. The van der Waals surface area contributed by atoms with Crippen LogP contribution in [0.1, 0.15) is 0 Å². The number of hydrogen-bond acceptors (Lipinski definition) is 4. The third kappa shape index (κ3) is 5.06. The van der Waals surface area contributed by atoms with Crippen LogP contribution in [0.2, 0.25) is 0 Å². The molecule has 0 aliphatic heterocycles. The first-order valence-corrected chi connectivity index (χ1v) is 5.34. The van der Waals surface area contributed by atoms with Crippen LogP contribution in [-0.2, 0) is 10.1 Å². The minimum atomic E-state index is -5.90. The first-order valence-electron chi connectivity index (χ1n) is 3.74. The molecule has 0 radical (unpaired) electrons. The molecule has 5 N–H and O–H groups in total. The van der Waals surface area contributed by atoms with Gasteiger partial charge in [-0.3, -0.25) is 4.55 Å². The summed E-state index contributed by atoms with van der Waals surface area (Å²) in [5, 5.41) is 0. The molecule has 0 bridgehead atoms. The topological polar surface area (TPSA) is 106 Å². The van der Waals surface area contributed by atoms with Crippen molar-refractivity contribution in [3.8, 4) is 0 Å². The molecule has 0 saturated carbocycles. The average molecular weight is 290 g/mol.